The summed E-state index contributed by atoms with van der Waals surface area (Å²) >= 11 is 0. The van der Waals surface area contributed by atoms with Crippen molar-refractivity contribution in [2.24, 2.45) is 0 Å². The van der Waals surface area contributed by atoms with Crippen LogP contribution in [0, 0.1) is 6.92 Å². The lowest BCUT2D eigenvalue weighted by Crippen LogP contribution is -1.86. The largest absolute Gasteiger partial charge is 0.327 e. The van der Waals surface area contributed by atoms with Crippen molar-refractivity contribution in [3.05, 3.63) is 23.7 Å². The minimum atomic E-state index is 0.895. The Morgan fingerprint density at radius 2 is 2.17 bits per heavy atom. The highest BCUT2D eigenvalue weighted by molar-refractivity contribution is 5.70. The van der Waals surface area contributed by atoms with E-state index < -0.39 is 0 Å². The molecule has 0 aliphatic rings. The van der Waals surface area contributed by atoms with Gasteiger partial charge in [-0.05, 0) is 25.5 Å². The SMILES string of the molecule is CCc1ccc2nc(C)[nH]c2n1. The maximum absolute atomic E-state index is 4.40. The average molecular weight is 161 g/mol. The highest BCUT2D eigenvalue weighted by Crippen LogP contribution is 2.09. The lowest BCUT2D eigenvalue weighted by Gasteiger charge is -1.92. The van der Waals surface area contributed by atoms with Crippen LogP contribution in [0.3, 0.4) is 0 Å². The Hall–Kier alpha value is -1.38. The van der Waals surface area contributed by atoms with E-state index in [4.69, 9.17) is 0 Å². The van der Waals surface area contributed by atoms with Crippen LogP contribution >= 0.6 is 0 Å². The molecule has 12 heavy (non-hydrogen) atoms. The summed E-state index contributed by atoms with van der Waals surface area (Å²) in [6, 6.07) is 4.02. The normalized spacial score (nSPS) is 10.8. The summed E-state index contributed by atoms with van der Waals surface area (Å²) in [7, 11) is 0. The molecule has 0 aliphatic heterocycles. The van der Waals surface area contributed by atoms with Gasteiger partial charge in [0.25, 0.3) is 0 Å². The standard InChI is InChI=1S/C9H11N3/c1-3-7-4-5-8-9(12-7)11-6(2)10-8/h4-5H,3H2,1-2H3,(H,10,11,12). The summed E-state index contributed by atoms with van der Waals surface area (Å²) < 4.78 is 0. The van der Waals surface area contributed by atoms with Crippen molar-refractivity contribution in [1.29, 1.82) is 0 Å². The monoisotopic (exact) mass is 161 g/mol. The quantitative estimate of drug-likeness (QED) is 0.693. The minimum absolute atomic E-state index is 0.895. The third kappa shape index (κ3) is 1.07. The zero-order valence-corrected chi connectivity index (χ0v) is 7.26. The van der Waals surface area contributed by atoms with E-state index >= 15 is 0 Å². The number of aromatic amines is 1. The predicted molar refractivity (Wildman–Crippen MR) is 48.0 cm³/mol. The molecule has 0 atom stereocenters. The Balaban J connectivity index is 2.66. The fourth-order valence-electron chi connectivity index (χ4n) is 1.25. The van der Waals surface area contributed by atoms with Gasteiger partial charge in [0.05, 0.1) is 0 Å². The number of fused-ring (bicyclic) bond motifs is 1. The number of rotatable bonds is 1. The molecule has 2 aromatic heterocycles. The molecule has 3 heteroatoms. The maximum Gasteiger partial charge on any atom is 0.157 e. The molecule has 0 fully saturated rings. The average Bonchev–Trinajstić information content (AvgIpc) is 2.43. The van der Waals surface area contributed by atoms with Crippen molar-refractivity contribution in [2.45, 2.75) is 20.3 Å². The Kier molecular flexibility index (Phi) is 1.57. The summed E-state index contributed by atoms with van der Waals surface area (Å²) in [5, 5.41) is 0. The van der Waals surface area contributed by atoms with E-state index in [0.717, 1.165) is 29.1 Å². The molecule has 0 aliphatic carbocycles. The summed E-state index contributed by atoms with van der Waals surface area (Å²) in [5.74, 6) is 0.922. The molecule has 62 valence electrons. The van der Waals surface area contributed by atoms with Gasteiger partial charge in [0, 0.05) is 5.69 Å². The topological polar surface area (TPSA) is 41.6 Å². The number of hydrogen-bond acceptors (Lipinski definition) is 2. The van der Waals surface area contributed by atoms with E-state index in [0.29, 0.717) is 0 Å². The first kappa shape index (κ1) is 7.28. The van der Waals surface area contributed by atoms with Gasteiger partial charge in [0.2, 0.25) is 0 Å². The number of H-pyrrole nitrogens is 1. The fraction of sp³-hybridized carbons (Fsp3) is 0.333. The van der Waals surface area contributed by atoms with Gasteiger partial charge in [-0.1, -0.05) is 6.92 Å². The second-order valence-corrected chi connectivity index (χ2v) is 2.85. The summed E-state index contributed by atoms with van der Waals surface area (Å²) in [4.78, 5) is 11.8. The first-order chi connectivity index (χ1) is 5.79. The van der Waals surface area contributed by atoms with Crippen LogP contribution in [0.1, 0.15) is 18.4 Å². The molecular formula is C9H11N3. The molecule has 2 aromatic rings. The van der Waals surface area contributed by atoms with E-state index in [1.54, 1.807) is 0 Å². The van der Waals surface area contributed by atoms with Crippen molar-refractivity contribution in [1.82, 2.24) is 15.0 Å². The molecule has 0 amide bonds. The van der Waals surface area contributed by atoms with Gasteiger partial charge in [-0.3, -0.25) is 0 Å². The van der Waals surface area contributed by atoms with Crippen molar-refractivity contribution in [2.75, 3.05) is 0 Å². The van der Waals surface area contributed by atoms with Crippen LogP contribution in [0.25, 0.3) is 11.2 Å². The predicted octanol–water partition coefficient (Wildman–Crippen LogP) is 1.83. The number of pyridine rings is 1. The molecule has 0 saturated heterocycles. The molecule has 0 saturated carbocycles. The Bertz CT molecular complexity index is 403. The molecule has 0 unspecified atom stereocenters. The number of hydrogen-bond donors (Lipinski definition) is 1. The molecule has 2 heterocycles. The van der Waals surface area contributed by atoms with E-state index in [9.17, 15) is 0 Å². The second kappa shape index (κ2) is 2.59. The molecule has 0 spiro atoms. The Morgan fingerprint density at radius 1 is 1.33 bits per heavy atom. The van der Waals surface area contributed by atoms with Crippen molar-refractivity contribution >= 4 is 11.2 Å². The van der Waals surface area contributed by atoms with E-state index in [1.165, 1.54) is 0 Å². The second-order valence-electron chi connectivity index (χ2n) is 2.85. The zero-order valence-electron chi connectivity index (χ0n) is 7.26. The van der Waals surface area contributed by atoms with Crippen LogP contribution in [0.15, 0.2) is 12.1 Å². The summed E-state index contributed by atoms with van der Waals surface area (Å²) in [6.45, 7) is 4.03. The van der Waals surface area contributed by atoms with Crippen molar-refractivity contribution in [3.8, 4) is 0 Å². The van der Waals surface area contributed by atoms with Crippen LogP contribution in [0.4, 0.5) is 0 Å². The van der Waals surface area contributed by atoms with Gasteiger partial charge in [-0.25, -0.2) is 9.97 Å². The lowest BCUT2D eigenvalue weighted by atomic mass is 10.3. The van der Waals surface area contributed by atoms with Crippen LogP contribution in [0.2, 0.25) is 0 Å². The van der Waals surface area contributed by atoms with Crippen LogP contribution in [0.5, 0.6) is 0 Å². The van der Waals surface area contributed by atoms with E-state index in [1.807, 2.05) is 19.1 Å². The maximum atomic E-state index is 4.40. The molecule has 0 radical (unpaired) electrons. The van der Waals surface area contributed by atoms with E-state index in [2.05, 4.69) is 21.9 Å². The number of imidazole rings is 1. The summed E-state index contributed by atoms with van der Waals surface area (Å²) in [5.41, 5.74) is 2.95. The van der Waals surface area contributed by atoms with Gasteiger partial charge in [0.1, 0.15) is 11.3 Å². The van der Waals surface area contributed by atoms with Crippen LogP contribution in [-0.2, 0) is 6.42 Å². The van der Waals surface area contributed by atoms with Crippen LogP contribution in [-0.4, -0.2) is 15.0 Å². The van der Waals surface area contributed by atoms with Crippen molar-refractivity contribution in [3.63, 3.8) is 0 Å². The number of aromatic nitrogens is 3. The number of nitrogens with one attached hydrogen (secondary N) is 1. The van der Waals surface area contributed by atoms with Gasteiger partial charge < -0.3 is 4.98 Å². The smallest absolute Gasteiger partial charge is 0.157 e. The van der Waals surface area contributed by atoms with E-state index in [-0.39, 0.29) is 0 Å². The third-order valence-electron chi connectivity index (χ3n) is 1.88. The minimum Gasteiger partial charge on any atom is -0.327 e. The highest BCUT2D eigenvalue weighted by atomic mass is 15.0. The van der Waals surface area contributed by atoms with Gasteiger partial charge in [-0.15, -0.1) is 0 Å². The molecule has 0 aromatic carbocycles. The number of aryl methyl sites for hydroxylation is 2. The summed E-state index contributed by atoms with van der Waals surface area (Å²) in [6.07, 6.45) is 0.966. The molecular weight excluding hydrogens is 150 g/mol. The van der Waals surface area contributed by atoms with Crippen molar-refractivity contribution < 1.29 is 0 Å². The first-order valence-electron chi connectivity index (χ1n) is 4.12. The first-order valence-corrected chi connectivity index (χ1v) is 4.12. The van der Waals surface area contributed by atoms with Crippen LogP contribution < -0.4 is 0 Å². The highest BCUT2D eigenvalue weighted by Gasteiger charge is 2.00. The van der Waals surface area contributed by atoms with Gasteiger partial charge >= 0.3 is 0 Å². The molecule has 3 nitrogen and oxygen atoms in total. The Labute approximate surface area is 70.9 Å². The van der Waals surface area contributed by atoms with Gasteiger partial charge in [-0.2, -0.15) is 0 Å². The zero-order chi connectivity index (χ0) is 8.55. The lowest BCUT2D eigenvalue weighted by molar-refractivity contribution is 1.05. The molecule has 0 bridgehead atoms. The fourth-order valence-corrected chi connectivity index (χ4v) is 1.25. The number of nitrogens with zero attached hydrogens (tertiary/aromatic N) is 2. The molecule has 2 rings (SSSR count). The Morgan fingerprint density at radius 3 is 2.92 bits per heavy atom. The molecule has 1 N–H and O–H groups in total. The van der Waals surface area contributed by atoms with Gasteiger partial charge in [0.15, 0.2) is 5.65 Å². The third-order valence-corrected chi connectivity index (χ3v) is 1.88.